The van der Waals surface area contributed by atoms with Gasteiger partial charge in [0.05, 0.1) is 38.3 Å². The summed E-state index contributed by atoms with van der Waals surface area (Å²) in [6, 6.07) is 4.58. The zero-order chi connectivity index (χ0) is 33.3. The number of phosphoric ester groups is 1. The lowest BCUT2D eigenvalue weighted by atomic mass is 10.1. The Balaban J connectivity index is 1.76. The summed E-state index contributed by atoms with van der Waals surface area (Å²) in [7, 11) is -2.98. The second-order valence-electron chi connectivity index (χ2n) is 9.70. The van der Waals surface area contributed by atoms with Crippen LogP contribution in [0, 0.1) is 0 Å². The first kappa shape index (κ1) is 35.0. The smallest absolute Gasteiger partial charge is 0.472 e. The third-order valence-electron chi connectivity index (χ3n) is 6.27. The van der Waals surface area contributed by atoms with E-state index in [2.05, 4.69) is 24.5 Å². The van der Waals surface area contributed by atoms with Gasteiger partial charge in [-0.15, -0.1) is 0 Å². The summed E-state index contributed by atoms with van der Waals surface area (Å²) in [6.07, 6.45) is -0.615. The van der Waals surface area contributed by atoms with Gasteiger partial charge in [-0.25, -0.2) is 19.3 Å². The molecule has 3 rings (SSSR count). The minimum atomic E-state index is -4.73. The molecule has 3 unspecified atom stereocenters. The lowest BCUT2D eigenvalue weighted by Gasteiger charge is -2.29. The lowest BCUT2D eigenvalue weighted by molar-refractivity contribution is -0.142. The molecule has 0 aliphatic rings. The summed E-state index contributed by atoms with van der Waals surface area (Å²) in [4.78, 5) is 66.0. The second kappa shape index (κ2) is 15.5. The standard InChI is InChI=1S/C25H34N9O10P/c1-33(11-15-10-29-22-20(30-15)21(27)31-25(28)32-22)16-4-2-14(3-5-16)23(38)34(18(24(39)40)6-7-19(26)37)8-9-43-45(41,42)44-13-17(36)12-35/h2-5,10,17-18,35-36H,6-9,11-13H2,1H3,(H2,26,37)(H,39,40)(H,41,42)(H4,27,28,29,31,32). The topological polar surface area (TPSA) is 304 Å². The van der Waals surface area contributed by atoms with E-state index in [1.165, 1.54) is 18.3 Å². The summed E-state index contributed by atoms with van der Waals surface area (Å²) < 4.78 is 21.5. The number of aliphatic hydroxyl groups is 2. The van der Waals surface area contributed by atoms with Crippen LogP contribution in [0.25, 0.3) is 11.2 Å². The number of hydrogen-bond acceptors (Lipinski definition) is 15. The number of benzene rings is 1. The summed E-state index contributed by atoms with van der Waals surface area (Å²) in [5.41, 5.74) is 18.5. The molecule has 2 heterocycles. The van der Waals surface area contributed by atoms with Crippen molar-refractivity contribution in [2.75, 3.05) is 49.8 Å². The molecule has 0 saturated carbocycles. The van der Waals surface area contributed by atoms with Gasteiger partial charge < -0.3 is 47.2 Å². The normalized spacial score (nSPS) is 14.0. The van der Waals surface area contributed by atoms with Crippen molar-refractivity contribution in [2.45, 2.75) is 31.5 Å². The molecule has 2 amide bonds. The van der Waals surface area contributed by atoms with Gasteiger partial charge in [0.25, 0.3) is 5.91 Å². The maximum Gasteiger partial charge on any atom is 0.472 e. The van der Waals surface area contributed by atoms with Gasteiger partial charge >= 0.3 is 13.8 Å². The first-order valence-electron chi connectivity index (χ1n) is 13.3. The van der Waals surface area contributed by atoms with E-state index in [0.29, 0.717) is 11.4 Å². The number of phosphoric acid groups is 1. The number of carboxylic acid groups (broad SMARTS) is 1. The Kier molecular flexibility index (Phi) is 12.0. The fourth-order valence-corrected chi connectivity index (χ4v) is 4.78. The summed E-state index contributed by atoms with van der Waals surface area (Å²) in [5.74, 6) is -2.95. The Morgan fingerprint density at radius 3 is 2.40 bits per heavy atom. The Morgan fingerprint density at radius 2 is 1.78 bits per heavy atom. The number of nitrogens with zero attached hydrogens (tertiary/aromatic N) is 6. The van der Waals surface area contributed by atoms with Crippen LogP contribution < -0.4 is 22.1 Å². The van der Waals surface area contributed by atoms with Gasteiger partial charge in [0, 0.05) is 31.3 Å². The summed E-state index contributed by atoms with van der Waals surface area (Å²) in [5, 5.41) is 28.0. The zero-order valence-corrected chi connectivity index (χ0v) is 25.0. The van der Waals surface area contributed by atoms with Crippen LogP contribution in [0.1, 0.15) is 28.9 Å². The number of amides is 2. The molecular formula is C25H34N9O10P. The predicted molar refractivity (Wildman–Crippen MR) is 158 cm³/mol. The molecule has 20 heteroatoms. The van der Waals surface area contributed by atoms with E-state index in [-0.39, 0.29) is 47.9 Å². The average Bonchev–Trinajstić information content (AvgIpc) is 2.98. The van der Waals surface area contributed by atoms with Gasteiger partial charge in [0.15, 0.2) is 17.0 Å². The van der Waals surface area contributed by atoms with E-state index in [1.54, 1.807) is 24.1 Å². The second-order valence-corrected chi connectivity index (χ2v) is 11.1. The number of carbonyl (C=O) groups is 3. The Bertz CT molecular complexity index is 1560. The number of rotatable bonds is 17. The number of nitrogen functional groups attached to an aromatic ring is 2. The van der Waals surface area contributed by atoms with Crippen molar-refractivity contribution in [1.29, 1.82) is 0 Å². The maximum absolute atomic E-state index is 13.5. The van der Waals surface area contributed by atoms with Gasteiger partial charge in [0.2, 0.25) is 11.9 Å². The molecule has 0 fully saturated rings. The van der Waals surface area contributed by atoms with E-state index in [0.717, 1.165) is 4.90 Å². The number of primary amides is 1. The molecule has 0 aliphatic heterocycles. The Hall–Kier alpha value is -4.52. The van der Waals surface area contributed by atoms with Crippen molar-refractivity contribution in [3.8, 4) is 0 Å². The van der Waals surface area contributed by atoms with Crippen LogP contribution in [0.2, 0.25) is 0 Å². The third-order valence-corrected chi connectivity index (χ3v) is 7.25. The van der Waals surface area contributed by atoms with Crippen molar-refractivity contribution < 1.29 is 48.2 Å². The Morgan fingerprint density at radius 1 is 1.09 bits per heavy atom. The van der Waals surface area contributed by atoms with Crippen LogP contribution >= 0.6 is 7.82 Å². The summed E-state index contributed by atoms with van der Waals surface area (Å²) in [6.45, 7) is -2.31. The molecule has 0 aliphatic carbocycles. The molecule has 19 nitrogen and oxygen atoms in total. The highest BCUT2D eigenvalue weighted by atomic mass is 31.2. The fourth-order valence-electron chi connectivity index (χ4n) is 4.03. The SMILES string of the molecule is CN(Cc1cnc2nc(N)nc(N)c2n1)c1ccc(C(=O)N(CCOP(=O)(O)OCC(O)CO)C(CCC(N)=O)C(=O)O)cc1. The molecule has 1 aromatic carbocycles. The van der Waals surface area contributed by atoms with E-state index in [9.17, 15) is 34.1 Å². The largest absolute Gasteiger partial charge is 0.480 e. The zero-order valence-electron chi connectivity index (χ0n) is 24.1. The monoisotopic (exact) mass is 651 g/mol. The highest BCUT2D eigenvalue weighted by Gasteiger charge is 2.32. The van der Waals surface area contributed by atoms with Gasteiger partial charge in [0.1, 0.15) is 12.1 Å². The minimum Gasteiger partial charge on any atom is -0.480 e. The molecular weight excluding hydrogens is 617 g/mol. The number of aromatic nitrogens is 4. The van der Waals surface area contributed by atoms with Gasteiger partial charge in [-0.3, -0.25) is 18.6 Å². The number of carbonyl (C=O) groups excluding carboxylic acids is 2. The van der Waals surface area contributed by atoms with Crippen LogP contribution in [0.5, 0.6) is 0 Å². The number of fused-ring (bicyclic) bond motifs is 1. The molecule has 0 radical (unpaired) electrons. The average molecular weight is 652 g/mol. The molecule has 45 heavy (non-hydrogen) atoms. The number of aliphatic hydroxyl groups excluding tert-OH is 2. The number of nitrogens with two attached hydrogens (primary N) is 3. The van der Waals surface area contributed by atoms with Crippen molar-refractivity contribution in [1.82, 2.24) is 24.8 Å². The Labute approximate surface area is 256 Å². The number of carboxylic acids is 1. The number of aliphatic carboxylic acids is 1. The quantitative estimate of drug-likeness (QED) is 0.0849. The molecule has 0 bridgehead atoms. The first-order valence-corrected chi connectivity index (χ1v) is 14.8. The molecule has 3 atom stereocenters. The van der Waals surface area contributed by atoms with Gasteiger partial charge in [-0.05, 0) is 30.7 Å². The van der Waals surface area contributed by atoms with E-state index < -0.39 is 64.1 Å². The van der Waals surface area contributed by atoms with E-state index in [1.807, 2.05) is 0 Å². The molecule has 10 N–H and O–H groups in total. The van der Waals surface area contributed by atoms with Gasteiger partial charge in [-0.1, -0.05) is 0 Å². The van der Waals surface area contributed by atoms with Crippen molar-refractivity contribution in [3.63, 3.8) is 0 Å². The van der Waals surface area contributed by atoms with Crippen molar-refractivity contribution in [3.05, 3.63) is 41.7 Å². The minimum absolute atomic E-state index is 0.0279. The van der Waals surface area contributed by atoms with Crippen LogP contribution in [0.3, 0.4) is 0 Å². The highest BCUT2D eigenvalue weighted by molar-refractivity contribution is 7.47. The molecule has 0 spiro atoms. The molecule has 244 valence electrons. The molecule has 0 saturated heterocycles. The molecule has 2 aromatic heterocycles. The molecule has 3 aromatic rings. The highest BCUT2D eigenvalue weighted by Crippen LogP contribution is 2.43. The van der Waals surface area contributed by atoms with Crippen LogP contribution in [-0.2, 0) is 29.7 Å². The van der Waals surface area contributed by atoms with E-state index >= 15 is 0 Å². The number of hydrogen-bond donors (Lipinski definition) is 7. The lowest BCUT2D eigenvalue weighted by Crippen LogP contribution is -2.47. The van der Waals surface area contributed by atoms with Crippen LogP contribution in [0.15, 0.2) is 30.5 Å². The van der Waals surface area contributed by atoms with Crippen molar-refractivity contribution in [2.24, 2.45) is 5.73 Å². The van der Waals surface area contributed by atoms with Crippen molar-refractivity contribution >= 4 is 54.2 Å². The number of anilines is 3. The third kappa shape index (κ3) is 10.00. The summed E-state index contributed by atoms with van der Waals surface area (Å²) >= 11 is 0. The first-order chi connectivity index (χ1) is 21.2. The van der Waals surface area contributed by atoms with Crippen LogP contribution in [0.4, 0.5) is 17.5 Å². The van der Waals surface area contributed by atoms with Crippen LogP contribution in [-0.4, -0.2) is 108 Å². The predicted octanol–water partition coefficient (Wildman–Crippen LogP) is -1.13. The fraction of sp³-hybridized carbons (Fsp3) is 0.400. The maximum atomic E-state index is 13.5. The van der Waals surface area contributed by atoms with E-state index in [4.69, 9.17) is 26.8 Å². The van der Waals surface area contributed by atoms with Gasteiger partial charge in [-0.2, -0.15) is 9.97 Å².